The molecule has 21 heavy (non-hydrogen) atoms. The third-order valence-corrected chi connectivity index (χ3v) is 3.59. The number of hydrogen-bond donors (Lipinski definition) is 3. The van der Waals surface area contributed by atoms with Crippen LogP contribution in [0.1, 0.15) is 6.92 Å². The lowest BCUT2D eigenvalue weighted by atomic mass is 10.2. The van der Waals surface area contributed by atoms with E-state index >= 15 is 0 Å². The van der Waals surface area contributed by atoms with Crippen molar-refractivity contribution in [2.45, 2.75) is 17.9 Å². The second-order valence-electron chi connectivity index (χ2n) is 4.17. The first-order valence-corrected chi connectivity index (χ1v) is 7.82. The van der Waals surface area contributed by atoms with E-state index in [0.29, 0.717) is 0 Å². The molecule has 4 N–H and O–H groups in total. The van der Waals surface area contributed by atoms with Gasteiger partial charge in [-0.1, -0.05) is 0 Å². The Morgan fingerprint density at radius 1 is 1.43 bits per heavy atom. The van der Waals surface area contributed by atoms with E-state index in [9.17, 15) is 23.1 Å². The SMILES string of the molecule is CCOC(=O)C(N)C(=O)Nc1cc(S(C)(=O)=O)ccc1O. The third kappa shape index (κ3) is 4.43. The number of benzene rings is 1. The topological polar surface area (TPSA) is 136 Å². The molecule has 0 saturated heterocycles. The molecule has 0 heterocycles. The van der Waals surface area contributed by atoms with Gasteiger partial charge in [-0.2, -0.15) is 0 Å². The van der Waals surface area contributed by atoms with Crippen LogP contribution in [0.15, 0.2) is 23.1 Å². The molecule has 1 atom stereocenters. The van der Waals surface area contributed by atoms with Gasteiger partial charge in [0.2, 0.25) is 0 Å². The Kier molecular flexibility index (Phi) is 5.28. The molecule has 0 aliphatic rings. The van der Waals surface area contributed by atoms with Gasteiger partial charge in [0.25, 0.3) is 5.91 Å². The van der Waals surface area contributed by atoms with Crippen LogP contribution in [-0.4, -0.2) is 44.3 Å². The summed E-state index contributed by atoms with van der Waals surface area (Å²) in [4.78, 5) is 23.0. The number of nitrogens with one attached hydrogen (secondary N) is 1. The van der Waals surface area contributed by atoms with Crippen molar-refractivity contribution in [2.75, 3.05) is 18.2 Å². The van der Waals surface area contributed by atoms with Gasteiger partial charge in [-0.15, -0.1) is 0 Å². The predicted octanol–water partition coefficient (Wildman–Crippen LogP) is -0.375. The average Bonchev–Trinajstić information content (AvgIpc) is 2.39. The van der Waals surface area contributed by atoms with Crippen molar-refractivity contribution in [1.29, 1.82) is 0 Å². The maximum Gasteiger partial charge on any atom is 0.332 e. The van der Waals surface area contributed by atoms with E-state index in [1.807, 2.05) is 0 Å². The molecular formula is C12H16N2O6S. The summed E-state index contributed by atoms with van der Waals surface area (Å²) in [7, 11) is -3.51. The van der Waals surface area contributed by atoms with E-state index in [1.165, 1.54) is 6.07 Å². The zero-order valence-corrected chi connectivity index (χ0v) is 12.3. The second kappa shape index (κ2) is 6.55. The number of aromatic hydroxyl groups is 1. The van der Waals surface area contributed by atoms with Crippen molar-refractivity contribution in [2.24, 2.45) is 5.73 Å². The summed E-state index contributed by atoms with van der Waals surface area (Å²) >= 11 is 0. The van der Waals surface area contributed by atoms with E-state index in [-0.39, 0.29) is 22.9 Å². The zero-order valence-electron chi connectivity index (χ0n) is 11.5. The van der Waals surface area contributed by atoms with Gasteiger partial charge in [-0.05, 0) is 25.1 Å². The molecular weight excluding hydrogens is 300 g/mol. The van der Waals surface area contributed by atoms with Crippen molar-refractivity contribution < 1.29 is 27.9 Å². The number of nitrogens with two attached hydrogens (primary N) is 1. The molecule has 0 fully saturated rings. The molecule has 0 saturated carbocycles. The fourth-order valence-electron chi connectivity index (χ4n) is 1.40. The lowest BCUT2D eigenvalue weighted by Crippen LogP contribution is -2.43. The molecule has 1 aromatic rings. The second-order valence-corrected chi connectivity index (χ2v) is 6.19. The molecule has 8 nitrogen and oxygen atoms in total. The highest BCUT2D eigenvalue weighted by Crippen LogP contribution is 2.26. The number of ether oxygens (including phenoxy) is 1. The summed E-state index contributed by atoms with van der Waals surface area (Å²) in [5.41, 5.74) is 5.22. The smallest absolute Gasteiger partial charge is 0.332 e. The van der Waals surface area contributed by atoms with Gasteiger partial charge >= 0.3 is 5.97 Å². The average molecular weight is 316 g/mol. The maximum atomic E-state index is 11.7. The van der Waals surface area contributed by atoms with Gasteiger partial charge in [0.15, 0.2) is 15.9 Å². The Labute approximate surface area is 121 Å². The largest absolute Gasteiger partial charge is 0.506 e. The molecule has 1 aromatic carbocycles. The summed E-state index contributed by atoms with van der Waals surface area (Å²) in [5, 5.41) is 11.8. The summed E-state index contributed by atoms with van der Waals surface area (Å²) in [5.74, 6) is -2.20. The van der Waals surface area contributed by atoms with Crippen molar-refractivity contribution in [1.82, 2.24) is 0 Å². The number of rotatable bonds is 5. The monoisotopic (exact) mass is 316 g/mol. The van der Waals surface area contributed by atoms with E-state index in [4.69, 9.17) is 5.73 Å². The van der Waals surface area contributed by atoms with Gasteiger partial charge in [0.1, 0.15) is 5.75 Å². The number of carbonyl (C=O) groups is 2. The van der Waals surface area contributed by atoms with E-state index in [2.05, 4.69) is 10.1 Å². The Morgan fingerprint density at radius 3 is 2.57 bits per heavy atom. The van der Waals surface area contributed by atoms with Gasteiger partial charge in [-0.25, -0.2) is 13.2 Å². The van der Waals surface area contributed by atoms with Crippen LogP contribution in [0.3, 0.4) is 0 Å². The molecule has 1 amide bonds. The number of phenols is 1. The summed E-state index contributed by atoms with van der Waals surface area (Å²) in [6, 6.07) is 1.79. The Morgan fingerprint density at radius 2 is 2.05 bits per heavy atom. The minimum atomic E-state index is -3.51. The van der Waals surface area contributed by atoms with Gasteiger partial charge < -0.3 is 20.9 Å². The molecule has 1 rings (SSSR count). The predicted molar refractivity (Wildman–Crippen MR) is 74.5 cm³/mol. The number of carbonyl (C=O) groups excluding carboxylic acids is 2. The standard InChI is InChI=1S/C12H16N2O6S/c1-3-20-12(17)10(13)11(16)14-8-6-7(21(2,18)19)4-5-9(8)15/h4-6,10,15H,3,13H2,1-2H3,(H,14,16). The molecule has 0 aromatic heterocycles. The number of phenolic OH excluding ortho intramolecular Hbond substituents is 1. The first-order chi connectivity index (χ1) is 9.66. The molecule has 0 aliphatic carbocycles. The zero-order chi connectivity index (χ0) is 16.2. The van der Waals surface area contributed by atoms with Crippen LogP contribution in [0, 0.1) is 0 Å². The summed E-state index contributed by atoms with van der Waals surface area (Å²) < 4.78 is 27.4. The number of hydrogen-bond acceptors (Lipinski definition) is 7. The Bertz CT molecular complexity index is 656. The van der Waals surface area contributed by atoms with E-state index in [1.54, 1.807) is 6.92 Å². The van der Waals surface area contributed by atoms with Crippen molar-refractivity contribution in [3.8, 4) is 5.75 Å². The lowest BCUT2D eigenvalue weighted by Gasteiger charge is -2.12. The van der Waals surface area contributed by atoms with Crippen LogP contribution in [-0.2, 0) is 24.2 Å². The molecule has 1 unspecified atom stereocenters. The van der Waals surface area contributed by atoms with Gasteiger partial charge in [0.05, 0.1) is 17.2 Å². The number of anilines is 1. The highest BCUT2D eigenvalue weighted by atomic mass is 32.2. The van der Waals surface area contributed by atoms with Crippen molar-refractivity contribution in [3.63, 3.8) is 0 Å². The highest BCUT2D eigenvalue weighted by molar-refractivity contribution is 7.90. The lowest BCUT2D eigenvalue weighted by molar-refractivity contribution is -0.146. The summed E-state index contributed by atoms with van der Waals surface area (Å²) in [6.07, 6.45) is 0.981. The molecule has 9 heteroatoms. The molecule has 0 spiro atoms. The van der Waals surface area contributed by atoms with Crippen LogP contribution < -0.4 is 11.1 Å². The number of amides is 1. The third-order valence-electron chi connectivity index (χ3n) is 2.48. The maximum absolute atomic E-state index is 11.7. The molecule has 0 bridgehead atoms. The minimum absolute atomic E-state index is 0.0641. The molecule has 116 valence electrons. The Balaban J connectivity index is 2.97. The minimum Gasteiger partial charge on any atom is -0.506 e. The fourth-order valence-corrected chi connectivity index (χ4v) is 2.04. The first kappa shape index (κ1) is 16.9. The van der Waals surface area contributed by atoms with Crippen LogP contribution in [0.5, 0.6) is 5.75 Å². The number of esters is 1. The van der Waals surface area contributed by atoms with Gasteiger partial charge in [0, 0.05) is 6.26 Å². The summed E-state index contributed by atoms with van der Waals surface area (Å²) in [6.45, 7) is 1.62. The van der Waals surface area contributed by atoms with Crippen LogP contribution >= 0.6 is 0 Å². The van der Waals surface area contributed by atoms with E-state index in [0.717, 1.165) is 18.4 Å². The molecule has 0 radical (unpaired) electrons. The highest BCUT2D eigenvalue weighted by Gasteiger charge is 2.24. The fraction of sp³-hybridized carbons (Fsp3) is 0.333. The van der Waals surface area contributed by atoms with Gasteiger partial charge in [-0.3, -0.25) is 4.79 Å². The Hall–Kier alpha value is -2.13. The van der Waals surface area contributed by atoms with Crippen LogP contribution in [0.2, 0.25) is 0 Å². The first-order valence-electron chi connectivity index (χ1n) is 5.93. The quantitative estimate of drug-likeness (QED) is 0.383. The van der Waals surface area contributed by atoms with Crippen molar-refractivity contribution in [3.05, 3.63) is 18.2 Å². The van der Waals surface area contributed by atoms with Crippen LogP contribution in [0.4, 0.5) is 5.69 Å². The molecule has 0 aliphatic heterocycles. The van der Waals surface area contributed by atoms with E-state index < -0.39 is 27.8 Å². The normalized spacial score (nSPS) is 12.5. The van der Waals surface area contributed by atoms with Crippen LogP contribution in [0.25, 0.3) is 0 Å². The van der Waals surface area contributed by atoms with Crippen molar-refractivity contribution >= 4 is 27.4 Å². The number of sulfone groups is 1.